The van der Waals surface area contributed by atoms with E-state index in [0.29, 0.717) is 13.1 Å². The van der Waals surface area contributed by atoms with Crippen LogP contribution in [0, 0.1) is 0 Å². The van der Waals surface area contributed by atoms with Crippen molar-refractivity contribution < 1.29 is 9.59 Å². The molecule has 6 heteroatoms. The molecule has 1 heterocycles. The summed E-state index contributed by atoms with van der Waals surface area (Å²) in [6.45, 7) is 8.07. The molecule has 0 saturated carbocycles. The van der Waals surface area contributed by atoms with Gasteiger partial charge < -0.3 is 15.5 Å². The first-order valence-corrected chi connectivity index (χ1v) is 5.58. The Kier molecular flexibility index (Phi) is 7.58. The predicted octanol–water partition coefficient (Wildman–Crippen LogP) is -0.0792. The van der Waals surface area contributed by atoms with Gasteiger partial charge in [0.15, 0.2) is 0 Å². The molecule has 98 valence electrons. The van der Waals surface area contributed by atoms with Crippen LogP contribution in [0.1, 0.15) is 13.3 Å². The van der Waals surface area contributed by atoms with Crippen molar-refractivity contribution in [3.8, 4) is 0 Å². The first kappa shape index (κ1) is 15.9. The molecule has 1 unspecified atom stereocenters. The second kappa shape index (κ2) is 8.08. The zero-order valence-corrected chi connectivity index (χ0v) is 10.9. The third-order valence-corrected chi connectivity index (χ3v) is 2.60. The molecular formula is C11H20ClN3O2. The number of likely N-dealkylation sites (N-methyl/N-ethyl adjacent to an activating group) is 1. The van der Waals surface area contributed by atoms with Crippen molar-refractivity contribution >= 4 is 24.2 Å². The van der Waals surface area contributed by atoms with Crippen LogP contribution in [-0.2, 0) is 9.59 Å². The molecule has 0 aromatic carbocycles. The topological polar surface area (TPSA) is 61.4 Å². The first-order valence-electron chi connectivity index (χ1n) is 5.58. The molecule has 0 aliphatic carbocycles. The lowest BCUT2D eigenvalue weighted by Crippen LogP contribution is -2.56. The van der Waals surface area contributed by atoms with Crippen LogP contribution in [0.5, 0.6) is 0 Å². The van der Waals surface area contributed by atoms with Gasteiger partial charge in [0.1, 0.15) is 0 Å². The van der Waals surface area contributed by atoms with E-state index in [-0.39, 0.29) is 36.7 Å². The van der Waals surface area contributed by atoms with Gasteiger partial charge in [-0.3, -0.25) is 9.59 Å². The van der Waals surface area contributed by atoms with Crippen molar-refractivity contribution in [3.63, 3.8) is 0 Å². The highest BCUT2D eigenvalue weighted by Crippen LogP contribution is 2.04. The Morgan fingerprint density at radius 3 is 3.00 bits per heavy atom. The molecule has 0 spiro atoms. The Labute approximate surface area is 108 Å². The molecule has 0 aromatic rings. The second-order valence-corrected chi connectivity index (χ2v) is 3.72. The minimum atomic E-state index is -0.376. The van der Waals surface area contributed by atoms with Crippen LogP contribution >= 0.6 is 12.4 Å². The van der Waals surface area contributed by atoms with Gasteiger partial charge >= 0.3 is 0 Å². The number of hydrogen-bond acceptors (Lipinski definition) is 3. The lowest BCUT2D eigenvalue weighted by Gasteiger charge is -2.32. The van der Waals surface area contributed by atoms with E-state index in [4.69, 9.17) is 0 Å². The molecule has 2 N–H and O–H groups in total. The Morgan fingerprint density at radius 2 is 2.41 bits per heavy atom. The van der Waals surface area contributed by atoms with Gasteiger partial charge in [-0.1, -0.05) is 6.08 Å². The molecule has 5 nitrogen and oxygen atoms in total. The fraction of sp³-hybridized carbons (Fsp3) is 0.636. The van der Waals surface area contributed by atoms with Crippen LogP contribution in [-0.4, -0.2) is 48.9 Å². The van der Waals surface area contributed by atoms with Crippen LogP contribution in [0.15, 0.2) is 12.7 Å². The summed E-state index contributed by atoms with van der Waals surface area (Å²) in [7, 11) is 0. The largest absolute Gasteiger partial charge is 0.353 e. The minimum absolute atomic E-state index is 0. The van der Waals surface area contributed by atoms with Crippen molar-refractivity contribution in [3.05, 3.63) is 12.7 Å². The van der Waals surface area contributed by atoms with Crippen LogP contribution in [0.25, 0.3) is 0 Å². The van der Waals surface area contributed by atoms with E-state index in [0.717, 1.165) is 13.1 Å². The van der Waals surface area contributed by atoms with Gasteiger partial charge in [-0.15, -0.1) is 19.0 Å². The molecule has 2 amide bonds. The fourth-order valence-electron chi connectivity index (χ4n) is 1.71. The zero-order valence-electron chi connectivity index (χ0n) is 10.1. The third kappa shape index (κ3) is 4.75. The Morgan fingerprint density at radius 1 is 1.71 bits per heavy atom. The van der Waals surface area contributed by atoms with Gasteiger partial charge in [-0.2, -0.15) is 0 Å². The van der Waals surface area contributed by atoms with E-state index >= 15 is 0 Å². The monoisotopic (exact) mass is 261 g/mol. The van der Waals surface area contributed by atoms with Crippen molar-refractivity contribution in [2.75, 3.05) is 26.2 Å². The number of nitrogens with zero attached hydrogens (tertiary/aromatic N) is 1. The van der Waals surface area contributed by atoms with Gasteiger partial charge in [0.05, 0.1) is 12.5 Å². The molecule has 1 saturated heterocycles. The molecule has 1 rings (SSSR count). The highest BCUT2D eigenvalue weighted by Gasteiger charge is 2.28. The predicted molar refractivity (Wildman–Crippen MR) is 69.1 cm³/mol. The standard InChI is InChI=1S/C11H19N3O2.ClH/c1-3-5-13-10(15)8-9-11(16)14(4-2)7-6-12-9;/h3,9,12H,1,4-8H2,2H3,(H,13,15);1H. The second-order valence-electron chi connectivity index (χ2n) is 3.72. The molecule has 0 radical (unpaired) electrons. The molecular weight excluding hydrogens is 242 g/mol. The number of halogens is 1. The van der Waals surface area contributed by atoms with Gasteiger partial charge in [0.25, 0.3) is 0 Å². The van der Waals surface area contributed by atoms with E-state index in [1.54, 1.807) is 11.0 Å². The summed E-state index contributed by atoms with van der Waals surface area (Å²) < 4.78 is 0. The summed E-state index contributed by atoms with van der Waals surface area (Å²) in [4.78, 5) is 25.0. The molecule has 1 fully saturated rings. The van der Waals surface area contributed by atoms with E-state index in [1.807, 2.05) is 6.92 Å². The average molecular weight is 262 g/mol. The van der Waals surface area contributed by atoms with Crippen LogP contribution in [0.2, 0.25) is 0 Å². The third-order valence-electron chi connectivity index (χ3n) is 2.60. The average Bonchev–Trinajstić information content (AvgIpc) is 2.29. The molecule has 1 atom stereocenters. The molecule has 1 aliphatic heterocycles. The van der Waals surface area contributed by atoms with E-state index in [9.17, 15) is 9.59 Å². The molecule has 0 bridgehead atoms. The molecule has 17 heavy (non-hydrogen) atoms. The fourth-order valence-corrected chi connectivity index (χ4v) is 1.71. The van der Waals surface area contributed by atoms with Gasteiger partial charge in [0.2, 0.25) is 11.8 Å². The maximum Gasteiger partial charge on any atom is 0.240 e. The Hall–Kier alpha value is -1.07. The maximum atomic E-state index is 11.8. The quantitative estimate of drug-likeness (QED) is 0.681. The van der Waals surface area contributed by atoms with Crippen molar-refractivity contribution in [1.29, 1.82) is 0 Å². The van der Waals surface area contributed by atoms with Crippen LogP contribution in [0.3, 0.4) is 0 Å². The zero-order chi connectivity index (χ0) is 12.0. The lowest BCUT2D eigenvalue weighted by molar-refractivity contribution is -0.138. The number of hydrogen-bond donors (Lipinski definition) is 2. The van der Waals surface area contributed by atoms with Crippen molar-refractivity contribution in [2.24, 2.45) is 0 Å². The highest BCUT2D eigenvalue weighted by molar-refractivity contribution is 5.88. The Bertz CT molecular complexity index is 284. The summed E-state index contributed by atoms with van der Waals surface area (Å²) in [5.74, 6) is -0.105. The maximum absolute atomic E-state index is 11.8. The van der Waals surface area contributed by atoms with E-state index in [2.05, 4.69) is 17.2 Å². The van der Waals surface area contributed by atoms with Gasteiger partial charge in [-0.25, -0.2) is 0 Å². The van der Waals surface area contributed by atoms with Crippen LogP contribution in [0.4, 0.5) is 0 Å². The smallest absolute Gasteiger partial charge is 0.240 e. The number of carbonyl (C=O) groups is 2. The van der Waals surface area contributed by atoms with Crippen molar-refractivity contribution in [2.45, 2.75) is 19.4 Å². The summed E-state index contributed by atoms with van der Waals surface area (Å²) in [5.41, 5.74) is 0. The number of carbonyl (C=O) groups excluding carboxylic acids is 2. The summed E-state index contributed by atoms with van der Waals surface area (Å²) >= 11 is 0. The lowest BCUT2D eigenvalue weighted by atomic mass is 10.1. The number of rotatable bonds is 5. The number of piperazine rings is 1. The minimum Gasteiger partial charge on any atom is -0.353 e. The van der Waals surface area contributed by atoms with E-state index in [1.165, 1.54) is 0 Å². The SMILES string of the molecule is C=CCNC(=O)CC1NCCN(CC)C1=O.Cl. The van der Waals surface area contributed by atoms with Gasteiger partial charge in [0, 0.05) is 26.2 Å². The van der Waals surface area contributed by atoms with Gasteiger partial charge in [-0.05, 0) is 6.92 Å². The summed E-state index contributed by atoms with van der Waals surface area (Å²) in [6.07, 6.45) is 1.82. The summed E-state index contributed by atoms with van der Waals surface area (Å²) in [6, 6.07) is -0.376. The van der Waals surface area contributed by atoms with E-state index < -0.39 is 0 Å². The van der Waals surface area contributed by atoms with Crippen LogP contribution < -0.4 is 10.6 Å². The summed E-state index contributed by atoms with van der Waals surface area (Å²) in [5, 5.41) is 5.73. The van der Waals surface area contributed by atoms with Crippen molar-refractivity contribution in [1.82, 2.24) is 15.5 Å². The first-order chi connectivity index (χ1) is 7.69. The normalized spacial score (nSPS) is 19.5. The number of nitrogens with one attached hydrogen (secondary N) is 2. The number of amides is 2. The Balaban J connectivity index is 0.00000256. The molecule has 1 aliphatic rings. The molecule has 0 aromatic heterocycles. The highest BCUT2D eigenvalue weighted by atomic mass is 35.5.